The molecule has 0 aliphatic carbocycles. The van der Waals surface area contributed by atoms with E-state index in [4.69, 9.17) is 15.2 Å². The number of nitrogens with two attached hydrogens (primary N) is 1. The Hall–Kier alpha value is -0.790. The van der Waals surface area contributed by atoms with E-state index in [1.165, 1.54) is 12.1 Å². The van der Waals surface area contributed by atoms with Crippen LogP contribution in [0.1, 0.15) is 0 Å². The molecule has 2 aromatic rings. The lowest BCUT2D eigenvalue weighted by molar-refractivity contribution is 0.409. The molecule has 0 aromatic heterocycles. The van der Waals surface area contributed by atoms with Gasteiger partial charge in [-0.25, -0.2) is 4.39 Å². The third-order valence-corrected chi connectivity index (χ3v) is 4.33. The fraction of sp³-hybridized carbons (Fsp3) is 0.0769. The van der Waals surface area contributed by atoms with E-state index < -0.39 is 5.82 Å². The summed E-state index contributed by atoms with van der Waals surface area (Å²) in [5, 5.41) is 0. The SMILES string of the molecule is COc1cc(Br)c(Oc2cc(F)c(Br)cc2N)cc1Br. The Labute approximate surface area is 140 Å². The Morgan fingerprint density at radius 2 is 1.50 bits per heavy atom. The molecule has 0 spiro atoms. The highest BCUT2D eigenvalue weighted by Crippen LogP contribution is 2.40. The van der Waals surface area contributed by atoms with E-state index in [9.17, 15) is 4.39 Å². The zero-order chi connectivity index (χ0) is 14.9. The maximum absolute atomic E-state index is 13.5. The van der Waals surface area contributed by atoms with Crippen molar-refractivity contribution in [3.05, 3.63) is 43.5 Å². The Bertz CT molecular complexity index is 665. The van der Waals surface area contributed by atoms with Crippen LogP contribution in [0.5, 0.6) is 17.2 Å². The predicted octanol–water partition coefficient (Wildman–Crippen LogP) is 5.50. The summed E-state index contributed by atoms with van der Waals surface area (Å²) in [5.74, 6) is 0.937. The number of nitrogen functional groups attached to an aromatic ring is 1. The first-order valence-electron chi connectivity index (χ1n) is 5.37. The van der Waals surface area contributed by atoms with Gasteiger partial charge in [0.25, 0.3) is 0 Å². The van der Waals surface area contributed by atoms with Gasteiger partial charge >= 0.3 is 0 Å². The molecule has 0 radical (unpaired) electrons. The number of halogens is 4. The number of rotatable bonds is 3. The third kappa shape index (κ3) is 3.27. The van der Waals surface area contributed by atoms with Gasteiger partial charge in [-0.15, -0.1) is 0 Å². The summed E-state index contributed by atoms with van der Waals surface area (Å²) in [6.07, 6.45) is 0. The van der Waals surface area contributed by atoms with Gasteiger partial charge in [0, 0.05) is 6.07 Å². The minimum absolute atomic E-state index is 0.239. The molecule has 0 aliphatic rings. The Balaban J connectivity index is 2.40. The molecule has 0 fully saturated rings. The van der Waals surface area contributed by atoms with Crippen LogP contribution in [0.4, 0.5) is 10.1 Å². The molecule has 0 atom stereocenters. The van der Waals surface area contributed by atoms with Crippen molar-refractivity contribution in [3.8, 4) is 17.2 Å². The van der Waals surface area contributed by atoms with Crippen molar-refractivity contribution in [2.45, 2.75) is 0 Å². The largest absolute Gasteiger partial charge is 0.496 e. The normalized spacial score (nSPS) is 10.4. The first-order valence-corrected chi connectivity index (χ1v) is 7.75. The van der Waals surface area contributed by atoms with E-state index >= 15 is 0 Å². The second-order valence-electron chi connectivity index (χ2n) is 3.82. The van der Waals surface area contributed by atoms with Gasteiger partial charge in [-0.3, -0.25) is 0 Å². The molecule has 20 heavy (non-hydrogen) atoms. The van der Waals surface area contributed by atoms with E-state index in [1.54, 1.807) is 19.2 Å². The second kappa shape index (κ2) is 6.32. The van der Waals surface area contributed by atoms with Gasteiger partial charge in [0.2, 0.25) is 0 Å². The van der Waals surface area contributed by atoms with Crippen LogP contribution < -0.4 is 15.2 Å². The lowest BCUT2D eigenvalue weighted by Gasteiger charge is -2.13. The summed E-state index contributed by atoms with van der Waals surface area (Å²) in [6.45, 7) is 0. The standard InChI is InChI=1S/C13H9Br3FNO2/c1-19-11-3-8(16)12(4-7(11)15)20-13-5-9(17)6(14)2-10(13)18/h2-5H,18H2,1H3. The molecule has 7 heteroatoms. The quantitative estimate of drug-likeness (QED) is 0.604. The van der Waals surface area contributed by atoms with E-state index in [0.29, 0.717) is 26.1 Å². The molecule has 0 unspecified atom stereocenters. The molecule has 0 saturated heterocycles. The maximum atomic E-state index is 13.5. The molecule has 2 N–H and O–H groups in total. The zero-order valence-electron chi connectivity index (χ0n) is 10.2. The van der Waals surface area contributed by atoms with Crippen LogP contribution in [0.25, 0.3) is 0 Å². The summed E-state index contributed by atoms with van der Waals surface area (Å²) >= 11 is 9.79. The molecule has 0 amide bonds. The summed E-state index contributed by atoms with van der Waals surface area (Å²) in [5.41, 5.74) is 6.14. The molecular weight excluding hydrogens is 461 g/mol. The van der Waals surface area contributed by atoms with Crippen molar-refractivity contribution in [2.24, 2.45) is 0 Å². The topological polar surface area (TPSA) is 44.5 Å². The van der Waals surface area contributed by atoms with Gasteiger partial charge in [-0.1, -0.05) is 0 Å². The minimum Gasteiger partial charge on any atom is -0.496 e. The summed E-state index contributed by atoms with van der Waals surface area (Å²) in [7, 11) is 1.56. The van der Waals surface area contributed by atoms with Crippen molar-refractivity contribution in [1.82, 2.24) is 0 Å². The highest BCUT2D eigenvalue weighted by atomic mass is 79.9. The third-order valence-electron chi connectivity index (χ3n) is 2.48. The highest BCUT2D eigenvalue weighted by Gasteiger charge is 2.12. The van der Waals surface area contributed by atoms with Crippen molar-refractivity contribution < 1.29 is 13.9 Å². The molecule has 0 bridgehead atoms. The predicted molar refractivity (Wildman–Crippen MR) is 87.0 cm³/mol. The van der Waals surface area contributed by atoms with E-state index in [0.717, 1.165) is 0 Å². The van der Waals surface area contributed by atoms with Gasteiger partial charge in [0.05, 0.1) is 26.2 Å². The average molecular weight is 470 g/mol. The minimum atomic E-state index is -0.446. The molecular formula is C13H9Br3FNO2. The smallest absolute Gasteiger partial charge is 0.153 e. The van der Waals surface area contributed by atoms with Crippen LogP contribution in [-0.4, -0.2) is 7.11 Å². The number of ether oxygens (including phenoxy) is 2. The van der Waals surface area contributed by atoms with Crippen LogP contribution >= 0.6 is 47.8 Å². The van der Waals surface area contributed by atoms with Crippen LogP contribution in [0, 0.1) is 5.82 Å². The van der Waals surface area contributed by atoms with Crippen molar-refractivity contribution in [1.29, 1.82) is 0 Å². The van der Waals surface area contributed by atoms with Crippen molar-refractivity contribution in [3.63, 3.8) is 0 Å². The Kier molecular flexibility index (Phi) is 4.93. The molecule has 0 heterocycles. The first-order chi connectivity index (χ1) is 9.42. The molecule has 3 nitrogen and oxygen atoms in total. The van der Waals surface area contributed by atoms with E-state index in [1.807, 2.05) is 0 Å². The number of benzene rings is 2. The molecule has 106 valence electrons. The van der Waals surface area contributed by atoms with Gasteiger partial charge < -0.3 is 15.2 Å². The second-order valence-corrected chi connectivity index (χ2v) is 6.39. The molecule has 0 saturated carbocycles. The van der Waals surface area contributed by atoms with Crippen LogP contribution in [0.2, 0.25) is 0 Å². The summed E-state index contributed by atoms with van der Waals surface area (Å²) < 4.78 is 26.0. The van der Waals surface area contributed by atoms with Crippen molar-refractivity contribution >= 4 is 53.5 Å². The van der Waals surface area contributed by atoms with Gasteiger partial charge in [0.15, 0.2) is 5.75 Å². The maximum Gasteiger partial charge on any atom is 0.153 e. The fourth-order valence-electron chi connectivity index (χ4n) is 1.50. The molecule has 2 aromatic carbocycles. The number of anilines is 1. The van der Waals surface area contributed by atoms with Crippen molar-refractivity contribution in [2.75, 3.05) is 12.8 Å². The lowest BCUT2D eigenvalue weighted by Crippen LogP contribution is -1.95. The highest BCUT2D eigenvalue weighted by molar-refractivity contribution is 9.11. The monoisotopic (exact) mass is 467 g/mol. The van der Waals surface area contributed by atoms with Gasteiger partial charge in [-0.05, 0) is 66.0 Å². The summed E-state index contributed by atoms with van der Waals surface area (Å²) in [6, 6.07) is 6.13. The number of methoxy groups -OCH3 is 1. The van der Waals surface area contributed by atoms with Crippen LogP contribution in [0.3, 0.4) is 0 Å². The zero-order valence-corrected chi connectivity index (χ0v) is 15.0. The van der Waals surface area contributed by atoms with E-state index in [-0.39, 0.29) is 10.2 Å². The number of hydrogen-bond acceptors (Lipinski definition) is 3. The first kappa shape index (κ1) is 15.6. The fourth-order valence-corrected chi connectivity index (χ4v) is 2.74. The lowest BCUT2D eigenvalue weighted by atomic mass is 10.3. The Morgan fingerprint density at radius 3 is 2.15 bits per heavy atom. The Morgan fingerprint density at radius 1 is 0.900 bits per heavy atom. The molecule has 0 aliphatic heterocycles. The molecule has 2 rings (SSSR count). The average Bonchev–Trinajstić information content (AvgIpc) is 2.39. The van der Waals surface area contributed by atoms with Gasteiger partial charge in [-0.2, -0.15) is 0 Å². The van der Waals surface area contributed by atoms with Crippen LogP contribution in [-0.2, 0) is 0 Å². The number of hydrogen-bond donors (Lipinski definition) is 1. The van der Waals surface area contributed by atoms with E-state index in [2.05, 4.69) is 47.8 Å². The van der Waals surface area contributed by atoms with Gasteiger partial charge in [0.1, 0.15) is 17.3 Å². The summed E-state index contributed by atoms with van der Waals surface area (Å²) in [4.78, 5) is 0. The van der Waals surface area contributed by atoms with Crippen LogP contribution in [0.15, 0.2) is 37.7 Å².